The Labute approximate surface area is 107 Å². The quantitative estimate of drug-likeness (QED) is 0.660. The van der Waals surface area contributed by atoms with Crippen LogP contribution >= 0.6 is 0 Å². The van der Waals surface area contributed by atoms with Gasteiger partial charge in [0.05, 0.1) is 17.0 Å². The van der Waals surface area contributed by atoms with E-state index in [1.165, 1.54) is 0 Å². The van der Waals surface area contributed by atoms with Gasteiger partial charge in [0.2, 0.25) is 10.0 Å². The summed E-state index contributed by atoms with van der Waals surface area (Å²) in [5.41, 5.74) is 4.93. The highest BCUT2D eigenvalue weighted by Crippen LogP contribution is 2.23. The molecule has 3 N–H and O–H groups in total. The van der Waals surface area contributed by atoms with E-state index in [1.807, 2.05) is 4.72 Å². The summed E-state index contributed by atoms with van der Waals surface area (Å²) in [4.78, 5) is -0.478. The number of nitrogens with one attached hydrogen (secondary N) is 1. The van der Waals surface area contributed by atoms with Crippen LogP contribution in [-0.2, 0) is 10.0 Å². The zero-order chi connectivity index (χ0) is 14.8. The van der Waals surface area contributed by atoms with Gasteiger partial charge < -0.3 is 5.73 Å². The number of sulfonamides is 1. The molecule has 0 aliphatic rings. The summed E-state index contributed by atoms with van der Waals surface area (Å²) in [5.74, 6) is -0.952. The van der Waals surface area contributed by atoms with Crippen molar-refractivity contribution in [2.45, 2.75) is 30.5 Å². The van der Waals surface area contributed by atoms with Gasteiger partial charge in [0.15, 0.2) is 0 Å². The minimum absolute atomic E-state index is 0.248. The molecule has 0 saturated heterocycles. The lowest BCUT2D eigenvalue weighted by molar-refractivity contribution is -0.137. The van der Waals surface area contributed by atoms with Gasteiger partial charge in [-0.25, -0.2) is 17.5 Å². The Balaban J connectivity index is 2.89. The molecule has 0 aliphatic carbocycles. The van der Waals surface area contributed by atoms with Crippen LogP contribution in [0, 0.1) is 5.82 Å². The zero-order valence-electron chi connectivity index (χ0n) is 9.83. The van der Waals surface area contributed by atoms with Crippen LogP contribution in [0.4, 0.5) is 23.2 Å². The number of hydrogen-bond donors (Lipinski definition) is 2. The summed E-state index contributed by atoms with van der Waals surface area (Å²) in [6.45, 7) is 1.07. The van der Waals surface area contributed by atoms with Gasteiger partial charge in [0, 0.05) is 6.04 Å². The van der Waals surface area contributed by atoms with Crippen molar-refractivity contribution in [2.75, 3.05) is 5.73 Å². The average molecular weight is 300 g/mol. The molecule has 1 rings (SSSR count). The summed E-state index contributed by atoms with van der Waals surface area (Å²) < 4.78 is 74.6. The van der Waals surface area contributed by atoms with Crippen molar-refractivity contribution < 1.29 is 26.0 Å². The van der Waals surface area contributed by atoms with E-state index in [0.717, 1.165) is 19.1 Å². The molecule has 108 valence electrons. The molecule has 0 aromatic heterocycles. The molecule has 0 saturated carbocycles. The van der Waals surface area contributed by atoms with Gasteiger partial charge in [-0.1, -0.05) is 0 Å². The van der Waals surface area contributed by atoms with Crippen LogP contribution in [0.1, 0.15) is 13.3 Å². The van der Waals surface area contributed by atoms with Crippen LogP contribution < -0.4 is 10.5 Å². The van der Waals surface area contributed by atoms with Crippen LogP contribution in [0.2, 0.25) is 0 Å². The molecular weight excluding hydrogens is 288 g/mol. The highest BCUT2D eigenvalue weighted by molar-refractivity contribution is 7.89. The Bertz CT molecular complexity index is 557. The number of alkyl halides is 3. The predicted molar refractivity (Wildman–Crippen MR) is 61.3 cm³/mol. The second-order valence-corrected chi connectivity index (χ2v) is 5.74. The summed E-state index contributed by atoms with van der Waals surface area (Å²) in [6.07, 6.45) is -5.81. The van der Waals surface area contributed by atoms with Crippen LogP contribution in [0.5, 0.6) is 0 Å². The first-order chi connectivity index (χ1) is 8.51. The number of benzene rings is 1. The lowest BCUT2D eigenvalue weighted by Gasteiger charge is -2.16. The second-order valence-electron chi connectivity index (χ2n) is 4.02. The first-order valence-corrected chi connectivity index (χ1v) is 6.64. The number of anilines is 1. The number of nitrogens with two attached hydrogens (primary N) is 1. The van der Waals surface area contributed by atoms with Gasteiger partial charge in [0.25, 0.3) is 0 Å². The van der Waals surface area contributed by atoms with Crippen molar-refractivity contribution in [2.24, 2.45) is 0 Å². The molecule has 0 bridgehead atoms. The number of hydrogen-bond acceptors (Lipinski definition) is 3. The highest BCUT2D eigenvalue weighted by atomic mass is 32.2. The fourth-order valence-corrected chi connectivity index (χ4v) is 2.65. The Morgan fingerprint density at radius 2 is 1.95 bits per heavy atom. The molecule has 0 fully saturated rings. The maximum Gasteiger partial charge on any atom is 0.390 e. The molecule has 9 heteroatoms. The Morgan fingerprint density at radius 1 is 1.37 bits per heavy atom. The molecule has 0 spiro atoms. The van der Waals surface area contributed by atoms with Gasteiger partial charge in [-0.15, -0.1) is 0 Å². The summed E-state index contributed by atoms with van der Waals surface area (Å²) >= 11 is 0. The molecule has 0 aliphatic heterocycles. The molecule has 19 heavy (non-hydrogen) atoms. The van der Waals surface area contributed by atoms with Crippen molar-refractivity contribution in [1.82, 2.24) is 4.72 Å². The van der Waals surface area contributed by atoms with Crippen LogP contribution in [0.3, 0.4) is 0 Å². The summed E-state index contributed by atoms with van der Waals surface area (Å²) in [5, 5.41) is 0. The lowest BCUT2D eigenvalue weighted by Crippen LogP contribution is -2.35. The van der Waals surface area contributed by atoms with Crippen molar-refractivity contribution in [1.29, 1.82) is 0 Å². The van der Waals surface area contributed by atoms with E-state index in [4.69, 9.17) is 5.73 Å². The van der Waals surface area contributed by atoms with Crippen LogP contribution in [-0.4, -0.2) is 20.6 Å². The summed E-state index contributed by atoms with van der Waals surface area (Å²) in [6, 6.07) is 1.34. The van der Waals surface area contributed by atoms with Crippen molar-refractivity contribution in [3.8, 4) is 0 Å². The van der Waals surface area contributed by atoms with Gasteiger partial charge >= 0.3 is 6.18 Å². The molecular formula is C10H12F4N2O2S. The van der Waals surface area contributed by atoms with Crippen molar-refractivity contribution in [3.63, 3.8) is 0 Å². The fraction of sp³-hybridized carbons (Fsp3) is 0.400. The van der Waals surface area contributed by atoms with Crippen molar-refractivity contribution >= 4 is 15.7 Å². The monoisotopic (exact) mass is 300 g/mol. The van der Waals surface area contributed by atoms with E-state index >= 15 is 0 Å². The van der Waals surface area contributed by atoms with Crippen LogP contribution in [0.25, 0.3) is 0 Å². The van der Waals surface area contributed by atoms with Gasteiger partial charge in [-0.2, -0.15) is 13.2 Å². The standard InChI is InChI=1S/C10H12F4N2O2S/c1-6(5-10(12,13)14)16-19(17,18)7-2-3-9(15)8(11)4-7/h2-4,6,16H,5,15H2,1H3. The Kier molecular flexibility index (Phi) is 4.41. The Hall–Kier alpha value is -1.35. The first kappa shape index (κ1) is 15.7. The predicted octanol–water partition coefficient (Wildman–Crippen LogP) is 2.03. The summed E-state index contributed by atoms with van der Waals surface area (Å²) in [7, 11) is -4.22. The highest BCUT2D eigenvalue weighted by Gasteiger charge is 2.32. The normalized spacial score (nSPS) is 14.4. The van der Waals surface area contributed by atoms with E-state index in [1.54, 1.807) is 0 Å². The van der Waals surface area contributed by atoms with E-state index in [2.05, 4.69) is 0 Å². The average Bonchev–Trinajstić information content (AvgIpc) is 2.17. The first-order valence-electron chi connectivity index (χ1n) is 5.15. The molecule has 0 amide bonds. The number of rotatable bonds is 4. The van der Waals surface area contributed by atoms with Crippen LogP contribution in [0.15, 0.2) is 23.1 Å². The maximum absolute atomic E-state index is 13.1. The minimum atomic E-state index is -4.49. The molecule has 1 aromatic rings. The SMILES string of the molecule is CC(CC(F)(F)F)NS(=O)(=O)c1ccc(N)c(F)c1. The van der Waals surface area contributed by atoms with E-state index in [9.17, 15) is 26.0 Å². The molecule has 4 nitrogen and oxygen atoms in total. The smallest absolute Gasteiger partial charge is 0.390 e. The molecule has 0 heterocycles. The van der Waals surface area contributed by atoms with E-state index in [-0.39, 0.29) is 5.69 Å². The third-order valence-corrected chi connectivity index (χ3v) is 3.76. The third kappa shape index (κ3) is 4.67. The van der Waals surface area contributed by atoms with Gasteiger partial charge in [-0.3, -0.25) is 0 Å². The van der Waals surface area contributed by atoms with E-state index < -0.39 is 39.4 Å². The van der Waals surface area contributed by atoms with Gasteiger partial charge in [0.1, 0.15) is 5.82 Å². The Morgan fingerprint density at radius 3 is 2.42 bits per heavy atom. The number of nitrogen functional groups attached to an aromatic ring is 1. The molecule has 1 aromatic carbocycles. The molecule has 0 radical (unpaired) electrons. The maximum atomic E-state index is 13.1. The number of halogens is 4. The zero-order valence-corrected chi connectivity index (χ0v) is 10.6. The largest absolute Gasteiger partial charge is 0.396 e. The molecule has 1 atom stereocenters. The van der Waals surface area contributed by atoms with E-state index in [0.29, 0.717) is 6.07 Å². The lowest BCUT2D eigenvalue weighted by atomic mass is 10.2. The minimum Gasteiger partial charge on any atom is -0.396 e. The van der Waals surface area contributed by atoms with Gasteiger partial charge in [-0.05, 0) is 25.1 Å². The topological polar surface area (TPSA) is 72.2 Å². The second kappa shape index (κ2) is 5.33. The molecule has 1 unspecified atom stereocenters. The fourth-order valence-electron chi connectivity index (χ4n) is 1.40. The van der Waals surface area contributed by atoms with Crippen molar-refractivity contribution in [3.05, 3.63) is 24.0 Å². The third-order valence-electron chi connectivity index (χ3n) is 2.18.